The second-order valence-electron chi connectivity index (χ2n) is 6.66. The van der Waals surface area contributed by atoms with Crippen molar-refractivity contribution in [1.29, 1.82) is 0 Å². The minimum absolute atomic E-state index is 0.0325. The molecule has 5 heteroatoms. The first-order valence-electron chi connectivity index (χ1n) is 8.08. The Balaban J connectivity index is 2.21. The molecular formula is C18H25ClN2O2. The van der Waals surface area contributed by atoms with Crippen molar-refractivity contribution in [3.63, 3.8) is 0 Å². The molecule has 2 atom stereocenters. The number of piperidine rings is 1. The molecule has 0 N–H and O–H groups in total. The summed E-state index contributed by atoms with van der Waals surface area (Å²) < 4.78 is 0. The fraction of sp³-hybridized carbons (Fsp3) is 0.556. The standard InChI is InChI=1S/C18H25ClN2O2/c1-12(2)17(14-7-5-6-8-15(14)19)21(4)18(23)13-9-10-20(3)16(22)11-13/h5-8,12-13,17H,9-11H2,1-4H3/t13-,17-/m0/s1. The molecule has 1 aromatic carbocycles. The lowest BCUT2D eigenvalue weighted by Gasteiger charge is -2.36. The second kappa shape index (κ2) is 7.35. The third kappa shape index (κ3) is 3.86. The lowest BCUT2D eigenvalue weighted by molar-refractivity contribution is -0.145. The van der Waals surface area contributed by atoms with Gasteiger partial charge in [0.2, 0.25) is 11.8 Å². The topological polar surface area (TPSA) is 40.6 Å². The first-order chi connectivity index (χ1) is 10.8. The van der Waals surface area contributed by atoms with Crippen LogP contribution in [-0.2, 0) is 9.59 Å². The zero-order chi connectivity index (χ0) is 17.1. The van der Waals surface area contributed by atoms with Gasteiger partial charge in [-0.15, -0.1) is 0 Å². The van der Waals surface area contributed by atoms with E-state index in [0.29, 0.717) is 18.0 Å². The fourth-order valence-corrected chi connectivity index (χ4v) is 3.56. The summed E-state index contributed by atoms with van der Waals surface area (Å²) in [6.07, 6.45) is 1.02. The van der Waals surface area contributed by atoms with Crippen LogP contribution in [0, 0.1) is 11.8 Å². The minimum Gasteiger partial charge on any atom is -0.346 e. The van der Waals surface area contributed by atoms with Crippen LogP contribution in [0.2, 0.25) is 5.02 Å². The number of carbonyl (C=O) groups is 2. The van der Waals surface area contributed by atoms with Gasteiger partial charge in [-0.3, -0.25) is 9.59 Å². The molecular weight excluding hydrogens is 312 g/mol. The molecule has 1 aliphatic heterocycles. The Hall–Kier alpha value is -1.55. The number of halogens is 1. The minimum atomic E-state index is -0.229. The number of hydrogen-bond donors (Lipinski definition) is 0. The lowest BCUT2D eigenvalue weighted by atomic mass is 9.90. The predicted molar refractivity (Wildman–Crippen MR) is 92.2 cm³/mol. The van der Waals surface area contributed by atoms with E-state index in [9.17, 15) is 9.59 Å². The molecule has 0 saturated carbocycles. The molecule has 0 unspecified atom stereocenters. The maximum absolute atomic E-state index is 12.9. The van der Waals surface area contributed by atoms with Gasteiger partial charge in [0.05, 0.1) is 6.04 Å². The highest BCUT2D eigenvalue weighted by Gasteiger charge is 2.34. The fourth-order valence-electron chi connectivity index (χ4n) is 3.31. The molecule has 0 radical (unpaired) electrons. The molecule has 1 fully saturated rings. The van der Waals surface area contributed by atoms with E-state index in [1.54, 1.807) is 16.8 Å². The molecule has 2 rings (SSSR count). The van der Waals surface area contributed by atoms with Crippen LogP contribution < -0.4 is 0 Å². The van der Waals surface area contributed by atoms with E-state index in [2.05, 4.69) is 13.8 Å². The predicted octanol–water partition coefficient (Wildman–Crippen LogP) is 3.36. The highest BCUT2D eigenvalue weighted by atomic mass is 35.5. The molecule has 0 aliphatic carbocycles. The van der Waals surface area contributed by atoms with E-state index >= 15 is 0 Å². The second-order valence-corrected chi connectivity index (χ2v) is 7.07. The Kier molecular flexibility index (Phi) is 5.69. The molecule has 0 bridgehead atoms. The summed E-state index contributed by atoms with van der Waals surface area (Å²) in [5.74, 6) is 0.0742. The van der Waals surface area contributed by atoms with Crippen LogP contribution in [0.4, 0.5) is 0 Å². The van der Waals surface area contributed by atoms with E-state index in [4.69, 9.17) is 11.6 Å². The summed E-state index contributed by atoms with van der Waals surface area (Å²) in [5.41, 5.74) is 0.958. The first kappa shape index (κ1) is 17.8. The van der Waals surface area contributed by atoms with Crippen molar-refractivity contribution in [3.8, 4) is 0 Å². The molecule has 1 aliphatic rings. The average molecular weight is 337 g/mol. The largest absolute Gasteiger partial charge is 0.346 e. The number of amides is 2. The lowest BCUT2D eigenvalue weighted by Crippen LogP contribution is -2.44. The van der Waals surface area contributed by atoms with Gasteiger partial charge in [-0.25, -0.2) is 0 Å². The Bertz CT molecular complexity index is 588. The van der Waals surface area contributed by atoms with Crippen molar-refractivity contribution in [1.82, 2.24) is 9.80 Å². The van der Waals surface area contributed by atoms with Crippen LogP contribution in [0.1, 0.15) is 38.3 Å². The molecule has 2 amide bonds. The van der Waals surface area contributed by atoms with Crippen molar-refractivity contribution in [2.24, 2.45) is 11.8 Å². The highest BCUT2D eigenvalue weighted by molar-refractivity contribution is 6.31. The summed E-state index contributed by atoms with van der Waals surface area (Å²) in [4.78, 5) is 28.3. The SMILES string of the molecule is CC(C)[C@@H](c1ccccc1Cl)N(C)C(=O)[C@H]1CCN(C)C(=O)C1. The van der Waals surface area contributed by atoms with Gasteiger partial charge in [-0.1, -0.05) is 43.6 Å². The summed E-state index contributed by atoms with van der Waals surface area (Å²) >= 11 is 6.34. The maximum atomic E-state index is 12.9. The van der Waals surface area contributed by atoms with E-state index < -0.39 is 0 Å². The molecule has 23 heavy (non-hydrogen) atoms. The summed E-state index contributed by atoms with van der Waals surface area (Å²) in [6, 6.07) is 7.56. The quantitative estimate of drug-likeness (QED) is 0.845. The van der Waals surface area contributed by atoms with Crippen molar-refractivity contribution in [2.75, 3.05) is 20.6 Å². The normalized spacial score (nSPS) is 19.8. The van der Waals surface area contributed by atoms with Crippen LogP contribution in [0.3, 0.4) is 0 Å². The third-order valence-electron chi connectivity index (χ3n) is 4.63. The van der Waals surface area contributed by atoms with Gasteiger partial charge in [0.15, 0.2) is 0 Å². The third-order valence-corrected chi connectivity index (χ3v) is 4.97. The van der Waals surface area contributed by atoms with Crippen LogP contribution >= 0.6 is 11.6 Å². The Labute approximate surface area is 143 Å². The van der Waals surface area contributed by atoms with E-state index in [0.717, 1.165) is 12.0 Å². The molecule has 1 aromatic rings. The van der Waals surface area contributed by atoms with Crippen LogP contribution in [0.25, 0.3) is 0 Å². The maximum Gasteiger partial charge on any atom is 0.226 e. The number of likely N-dealkylation sites (tertiary alicyclic amines) is 1. The zero-order valence-electron chi connectivity index (χ0n) is 14.3. The van der Waals surface area contributed by atoms with E-state index in [1.807, 2.05) is 31.3 Å². The average Bonchev–Trinajstić information content (AvgIpc) is 2.51. The van der Waals surface area contributed by atoms with Gasteiger partial charge in [0, 0.05) is 38.0 Å². The summed E-state index contributed by atoms with van der Waals surface area (Å²) in [5, 5.41) is 0.672. The Morgan fingerprint density at radius 3 is 2.57 bits per heavy atom. The van der Waals surface area contributed by atoms with Crippen molar-refractivity contribution >= 4 is 23.4 Å². The molecule has 126 valence electrons. The van der Waals surface area contributed by atoms with Gasteiger partial charge in [-0.2, -0.15) is 0 Å². The van der Waals surface area contributed by atoms with Crippen molar-refractivity contribution < 1.29 is 9.59 Å². The monoisotopic (exact) mass is 336 g/mol. The molecule has 4 nitrogen and oxygen atoms in total. The van der Waals surface area contributed by atoms with Crippen molar-refractivity contribution in [2.45, 2.75) is 32.7 Å². The van der Waals surface area contributed by atoms with E-state index in [1.165, 1.54) is 0 Å². The van der Waals surface area contributed by atoms with Crippen LogP contribution in [0.5, 0.6) is 0 Å². The number of nitrogens with zero attached hydrogens (tertiary/aromatic N) is 2. The number of benzene rings is 1. The summed E-state index contributed by atoms with van der Waals surface area (Å²) in [7, 11) is 3.60. The molecule has 0 spiro atoms. The molecule has 0 aromatic heterocycles. The smallest absolute Gasteiger partial charge is 0.226 e. The first-order valence-corrected chi connectivity index (χ1v) is 8.45. The van der Waals surface area contributed by atoms with Gasteiger partial charge < -0.3 is 9.80 Å². The molecule has 1 heterocycles. The molecule has 1 saturated heterocycles. The number of rotatable bonds is 4. The van der Waals surface area contributed by atoms with Crippen molar-refractivity contribution in [3.05, 3.63) is 34.9 Å². The van der Waals surface area contributed by atoms with Gasteiger partial charge in [0.1, 0.15) is 0 Å². The van der Waals surface area contributed by atoms with Crippen LogP contribution in [-0.4, -0.2) is 42.3 Å². The summed E-state index contributed by atoms with van der Waals surface area (Å²) in [6.45, 7) is 4.80. The van der Waals surface area contributed by atoms with E-state index in [-0.39, 0.29) is 29.7 Å². The Morgan fingerprint density at radius 1 is 1.35 bits per heavy atom. The number of carbonyl (C=O) groups excluding carboxylic acids is 2. The highest BCUT2D eigenvalue weighted by Crippen LogP contribution is 2.34. The Morgan fingerprint density at radius 2 is 2.00 bits per heavy atom. The van der Waals surface area contributed by atoms with Crippen LogP contribution in [0.15, 0.2) is 24.3 Å². The number of hydrogen-bond acceptors (Lipinski definition) is 2. The zero-order valence-corrected chi connectivity index (χ0v) is 15.0. The van der Waals surface area contributed by atoms with Gasteiger partial charge in [0.25, 0.3) is 0 Å². The van der Waals surface area contributed by atoms with Gasteiger partial charge >= 0.3 is 0 Å². The van der Waals surface area contributed by atoms with Gasteiger partial charge in [-0.05, 0) is 24.0 Å².